The fourth-order valence-corrected chi connectivity index (χ4v) is 5.79. The van der Waals surface area contributed by atoms with Crippen molar-refractivity contribution in [3.8, 4) is 22.3 Å². The Morgan fingerprint density at radius 1 is 0.364 bits per heavy atom. The van der Waals surface area contributed by atoms with E-state index in [1.165, 1.54) is 65.3 Å². The molecule has 0 amide bonds. The van der Waals surface area contributed by atoms with Crippen molar-refractivity contribution in [1.29, 1.82) is 0 Å². The molecule has 0 atom stereocenters. The Balaban J connectivity index is 1.43. The van der Waals surface area contributed by atoms with E-state index in [2.05, 4.69) is 131 Å². The maximum atomic E-state index is 3.75. The van der Waals surface area contributed by atoms with Crippen LogP contribution in [0.2, 0.25) is 0 Å². The molecule has 0 bridgehead atoms. The summed E-state index contributed by atoms with van der Waals surface area (Å²) >= 11 is 3.75. The van der Waals surface area contributed by atoms with Crippen LogP contribution in [0, 0.1) is 0 Å². The van der Waals surface area contributed by atoms with E-state index >= 15 is 0 Å². The van der Waals surface area contributed by atoms with E-state index in [-0.39, 0.29) is 0 Å². The lowest BCUT2D eigenvalue weighted by Crippen LogP contribution is -1.88. The third kappa shape index (κ3) is 2.83. The minimum absolute atomic E-state index is 1.15. The third-order valence-electron chi connectivity index (χ3n) is 6.91. The summed E-state index contributed by atoms with van der Waals surface area (Å²) in [6, 6.07) is 42.1. The number of rotatable bonds is 2. The highest BCUT2D eigenvalue weighted by Gasteiger charge is 2.13. The van der Waals surface area contributed by atoms with E-state index in [1.54, 1.807) is 0 Å². The number of hydrogen-bond acceptors (Lipinski definition) is 0. The molecule has 7 aromatic carbocycles. The van der Waals surface area contributed by atoms with Gasteiger partial charge in [-0.05, 0) is 71.4 Å². The molecule has 1 heteroatoms. The minimum atomic E-state index is 1.15. The van der Waals surface area contributed by atoms with E-state index in [0.29, 0.717) is 0 Å². The zero-order valence-corrected chi connectivity index (χ0v) is 19.4. The van der Waals surface area contributed by atoms with Crippen molar-refractivity contribution in [3.05, 3.63) is 120 Å². The van der Waals surface area contributed by atoms with Gasteiger partial charge in [-0.15, -0.1) is 0 Å². The lowest BCUT2D eigenvalue weighted by atomic mass is 9.89. The molecule has 154 valence electrons. The fourth-order valence-electron chi connectivity index (χ4n) is 5.32. The van der Waals surface area contributed by atoms with Crippen molar-refractivity contribution in [2.45, 2.75) is 0 Å². The second kappa shape index (κ2) is 7.16. The zero-order valence-electron chi connectivity index (χ0n) is 17.8. The average Bonchev–Trinajstić information content (AvgIpc) is 2.88. The molecule has 33 heavy (non-hydrogen) atoms. The van der Waals surface area contributed by atoms with Gasteiger partial charge in [0.2, 0.25) is 0 Å². The highest BCUT2D eigenvalue weighted by Crippen LogP contribution is 2.41. The lowest BCUT2D eigenvalue weighted by molar-refractivity contribution is 1.63. The molecule has 0 N–H and O–H groups in total. The topological polar surface area (TPSA) is 0 Å². The van der Waals surface area contributed by atoms with Crippen LogP contribution in [0.5, 0.6) is 0 Å². The summed E-state index contributed by atoms with van der Waals surface area (Å²) in [5.41, 5.74) is 5.05. The molecular formula is C32H19Br. The van der Waals surface area contributed by atoms with E-state index in [1.807, 2.05) is 0 Å². The predicted molar refractivity (Wildman–Crippen MR) is 146 cm³/mol. The van der Waals surface area contributed by atoms with Crippen molar-refractivity contribution in [1.82, 2.24) is 0 Å². The van der Waals surface area contributed by atoms with Gasteiger partial charge >= 0.3 is 0 Å². The molecule has 0 spiro atoms. The van der Waals surface area contributed by atoms with Gasteiger partial charge < -0.3 is 0 Å². The molecule has 0 unspecified atom stereocenters. The molecule has 0 aliphatic heterocycles. The first-order chi connectivity index (χ1) is 16.3. The van der Waals surface area contributed by atoms with E-state index in [4.69, 9.17) is 0 Å². The van der Waals surface area contributed by atoms with Crippen molar-refractivity contribution >= 4 is 59.0 Å². The first kappa shape index (κ1) is 18.8. The molecule has 0 aromatic heterocycles. The van der Waals surface area contributed by atoms with Gasteiger partial charge in [0.15, 0.2) is 0 Å². The monoisotopic (exact) mass is 482 g/mol. The molecule has 0 nitrogen and oxygen atoms in total. The largest absolute Gasteiger partial charge is 0.0616 e. The molecular weight excluding hydrogens is 464 g/mol. The van der Waals surface area contributed by atoms with Gasteiger partial charge in [0.25, 0.3) is 0 Å². The molecule has 0 saturated carbocycles. The SMILES string of the molecule is Brc1ccc2ccc3c(-c4ccc(-c5cccc6ccccc56)cc4)ccc4ccc1c2c43. The van der Waals surface area contributed by atoms with Gasteiger partial charge in [-0.25, -0.2) is 0 Å². The van der Waals surface area contributed by atoms with Gasteiger partial charge in [-0.3, -0.25) is 0 Å². The van der Waals surface area contributed by atoms with Crippen molar-refractivity contribution in [2.24, 2.45) is 0 Å². The normalized spacial score (nSPS) is 11.8. The summed E-state index contributed by atoms with van der Waals surface area (Å²) in [6.07, 6.45) is 0. The quantitative estimate of drug-likeness (QED) is 0.215. The second-order valence-electron chi connectivity index (χ2n) is 8.69. The molecule has 0 heterocycles. The smallest absolute Gasteiger partial charge is 0.0254 e. The Morgan fingerprint density at radius 3 is 1.73 bits per heavy atom. The van der Waals surface area contributed by atoms with Crippen LogP contribution in [0.1, 0.15) is 0 Å². The fraction of sp³-hybridized carbons (Fsp3) is 0. The zero-order chi connectivity index (χ0) is 21.9. The van der Waals surface area contributed by atoms with E-state index in [9.17, 15) is 0 Å². The molecule has 0 fully saturated rings. The minimum Gasteiger partial charge on any atom is -0.0616 e. The lowest BCUT2D eigenvalue weighted by Gasteiger charge is -2.15. The van der Waals surface area contributed by atoms with Crippen LogP contribution in [0.4, 0.5) is 0 Å². The maximum absolute atomic E-state index is 3.75. The average molecular weight is 483 g/mol. The number of hydrogen-bond donors (Lipinski definition) is 0. The van der Waals surface area contributed by atoms with Crippen LogP contribution in [-0.4, -0.2) is 0 Å². The Morgan fingerprint density at radius 2 is 0.939 bits per heavy atom. The summed E-state index contributed by atoms with van der Waals surface area (Å²) in [5.74, 6) is 0. The molecule has 0 saturated heterocycles. The van der Waals surface area contributed by atoms with Crippen LogP contribution in [0.3, 0.4) is 0 Å². The van der Waals surface area contributed by atoms with Crippen molar-refractivity contribution in [2.75, 3.05) is 0 Å². The number of benzene rings is 7. The van der Waals surface area contributed by atoms with E-state index < -0.39 is 0 Å². The van der Waals surface area contributed by atoms with Crippen LogP contribution in [0.15, 0.2) is 120 Å². The Kier molecular flexibility index (Phi) is 4.09. The summed E-state index contributed by atoms with van der Waals surface area (Å²) in [7, 11) is 0. The highest BCUT2D eigenvalue weighted by molar-refractivity contribution is 9.10. The number of halogens is 1. The van der Waals surface area contributed by atoms with Gasteiger partial charge in [0, 0.05) is 4.47 Å². The summed E-state index contributed by atoms with van der Waals surface area (Å²) in [4.78, 5) is 0. The highest BCUT2D eigenvalue weighted by atomic mass is 79.9. The summed E-state index contributed by atoms with van der Waals surface area (Å²) in [5, 5.41) is 10.4. The molecule has 7 rings (SSSR count). The van der Waals surface area contributed by atoms with Crippen molar-refractivity contribution in [3.63, 3.8) is 0 Å². The Labute approximate surface area is 200 Å². The molecule has 7 aromatic rings. The maximum Gasteiger partial charge on any atom is 0.0254 e. The third-order valence-corrected chi connectivity index (χ3v) is 7.60. The predicted octanol–water partition coefficient (Wildman–Crippen LogP) is 9.83. The van der Waals surface area contributed by atoms with Gasteiger partial charge in [0.1, 0.15) is 0 Å². The van der Waals surface area contributed by atoms with Crippen LogP contribution in [0.25, 0.3) is 65.3 Å². The summed E-state index contributed by atoms with van der Waals surface area (Å²) < 4.78 is 1.15. The first-order valence-electron chi connectivity index (χ1n) is 11.2. The number of fused-ring (bicyclic) bond motifs is 1. The van der Waals surface area contributed by atoms with Crippen LogP contribution >= 0.6 is 15.9 Å². The second-order valence-corrected chi connectivity index (χ2v) is 9.54. The van der Waals surface area contributed by atoms with Crippen molar-refractivity contribution < 1.29 is 0 Å². The Bertz CT molecular complexity index is 1800. The van der Waals surface area contributed by atoms with Gasteiger partial charge in [-0.2, -0.15) is 0 Å². The summed E-state index contributed by atoms with van der Waals surface area (Å²) in [6.45, 7) is 0. The van der Waals surface area contributed by atoms with Crippen LogP contribution < -0.4 is 0 Å². The molecule has 0 aliphatic carbocycles. The Hall–Kier alpha value is -3.68. The van der Waals surface area contributed by atoms with E-state index in [0.717, 1.165) is 4.47 Å². The van der Waals surface area contributed by atoms with Crippen LogP contribution in [-0.2, 0) is 0 Å². The standard InChI is InChI=1S/C32H19Br/c33-30-19-15-24-13-17-28-27(16-12-23-14-18-29(30)32(24)31(23)28)22-10-8-21(9-11-22)26-7-3-5-20-4-1-2-6-25(20)26/h1-19H. The van der Waals surface area contributed by atoms with Gasteiger partial charge in [-0.1, -0.05) is 125 Å². The molecule has 0 aliphatic rings. The molecule has 0 radical (unpaired) electrons. The van der Waals surface area contributed by atoms with Gasteiger partial charge in [0.05, 0.1) is 0 Å². The first-order valence-corrected chi connectivity index (χ1v) is 12.0.